The molecule has 1 unspecified atom stereocenters. The average molecular weight is 350 g/mol. The van der Waals surface area contributed by atoms with Gasteiger partial charge in [0.2, 0.25) is 0 Å². The molecule has 1 amide bonds. The molecule has 0 aliphatic heterocycles. The first-order chi connectivity index (χ1) is 10.1. The molecule has 0 aromatic heterocycles. The highest BCUT2D eigenvalue weighted by molar-refractivity contribution is 9.10. The molecule has 21 heavy (non-hydrogen) atoms. The predicted octanol–water partition coefficient (Wildman–Crippen LogP) is 3.17. The first-order valence-corrected chi connectivity index (χ1v) is 7.28. The average Bonchev–Trinajstić information content (AvgIpc) is 2.48. The van der Waals surface area contributed by atoms with Crippen molar-refractivity contribution in [2.45, 2.75) is 12.0 Å². The lowest BCUT2D eigenvalue weighted by molar-refractivity contribution is 0.0257. The second kappa shape index (κ2) is 6.74. The molecule has 0 heterocycles. The minimum atomic E-state index is -1.09. The van der Waals surface area contributed by atoms with E-state index < -0.39 is 11.7 Å². The van der Waals surface area contributed by atoms with Crippen molar-refractivity contribution in [2.24, 2.45) is 5.73 Å². The van der Waals surface area contributed by atoms with Crippen molar-refractivity contribution in [3.8, 4) is 0 Å². The van der Waals surface area contributed by atoms with Crippen molar-refractivity contribution >= 4 is 22.0 Å². The number of amides is 1. The van der Waals surface area contributed by atoms with Crippen LogP contribution in [0.5, 0.6) is 0 Å². The first-order valence-electron chi connectivity index (χ1n) is 6.49. The highest BCUT2D eigenvalue weighted by Crippen LogP contribution is 2.37. The van der Waals surface area contributed by atoms with Crippen LogP contribution in [0.2, 0.25) is 0 Å². The van der Waals surface area contributed by atoms with Crippen LogP contribution >= 0.6 is 15.9 Å². The van der Waals surface area contributed by atoms with Gasteiger partial charge in [0.1, 0.15) is 0 Å². The minimum absolute atomic E-state index is 0.141. The molecule has 0 bridgehead atoms. The third-order valence-electron chi connectivity index (χ3n) is 3.29. The SMILES string of the molecule is NC(=O)OC(CCO)(c1ccccc1)c1ccc(Br)cc1. The molecule has 0 radical (unpaired) electrons. The summed E-state index contributed by atoms with van der Waals surface area (Å²) in [7, 11) is 0. The summed E-state index contributed by atoms with van der Waals surface area (Å²) in [6.07, 6.45) is -0.656. The summed E-state index contributed by atoms with van der Waals surface area (Å²) in [5.41, 5.74) is 5.69. The Balaban J connectivity index is 2.60. The van der Waals surface area contributed by atoms with Crippen molar-refractivity contribution < 1.29 is 14.6 Å². The zero-order valence-corrected chi connectivity index (χ0v) is 12.9. The second-order valence-electron chi connectivity index (χ2n) is 4.59. The molecule has 2 aromatic rings. The standard InChI is InChI=1S/C16H16BrNO3/c17-14-8-6-13(7-9-14)16(10-11-19,21-15(18)20)12-4-2-1-3-5-12/h1-9,19H,10-11H2,(H2,18,20). The number of halogens is 1. The van der Waals surface area contributed by atoms with Crippen molar-refractivity contribution in [3.63, 3.8) is 0 Å². The monoisotopic (exact) mass is 349 g/mol. The normalized spacial score (nSPS) is 13.4. The van der Waals surface area contributed by atoms with Crippen molar-refractivity contribution in [1.29, 1.82) is 0 Å². The first kappa shape index (κ1) is 15.5. The maximum Gasteiger partial charge on any atom is 0.405 e. The molecule has 0 aliphatic rings. The van der Waals surface area contributed by atoms with E-state index in [2.05, 4.69) is 15.9 Å². The van der Waals surface area contributed by atoms with Gasteiger partial charge >= 0.3 is 6.09 Å². The quantitative estimate of drug-likeness (QED) is 0.870. The van der Waals surface area contributed by atoms with Gasteiger partial charge in [-0.25, -0.2) is 4.79 Å². The van der Waals surface area contributed by atoms with E-state index in [4.69, 9.17) is 10.5 Å². The van der Waals surface area contributed by atoms with Crippen molar-refractivity contribution in [2.75, 3.05) is 6.61 Å². The van der Waals surface area contributed by atoms with E-state index in [1.165, 1.54) is 0 Å². The number of hydrogen-bond acceptors (Lipinski definition) is 3. The summed E-state index contributed by atoms with van der Waals surface area (Å²) in [6.45, 7) is -0.141. The van der Waals surface area contributed by atoms with E-state index in [0.29, 0.717) is 0 Å². The molecule has 3 N–H and O–H groups in total. The van der Waals surface area contributed by atoms with Crippen LogP contribution in [0.4, 0.5) is 4.79 Å². The third-order valence-corrected chi connectivity index (χ3v) is 3.82. The summed E-state index contributed by atoms with van der Waals surface area (Å²) in [4.78, 5) is 11.4. The van der Waals surface area contributed by atoms with Crippen LogP contribution in [0.3, 0.4) is 0 Å². The van der Waals surface area contributed by atoms with E-state index in [0.717, 1.165) is 15.6 Å². The fraction of sp³-hybridized carbons (Fsp3) is 0.188. The van der Waals surface area contributed by atoms with Crippen molar-refractivity contribution in [3.05, 3.63) is 70.2 Å². The van der Waals surface area contributed by atoms with Crippen LogP contribution in [-0.2, 0) is 10.3 Å². The highest BCUT2D eigenvalue weighted by atomic mass is 79.9. The van der Waals surface area contributed by atoms with Gasteiger partial charge < -0.3 is 15.6 Å². The van der Waals surface area contributed by atoms with E-state index >= 15 is 0 Å². The Bertz CT molecular complexity index is 601. The van der Waals surface area contributed by atoms with Gasteiger partial charge in [0.15, 0.2) is 5.60 Å². The highest BCUT2D eigenvalue weighted by Gasteiger charge is 2.37. The van der Waals surface area contributed by atoms with Crippen LogP contribution in [-0.4, -0.2) is 17.8 Å². The summed E-state index contributed by atoms with van der Waals surface area (Å²) < 4.78 is 6.37. The number of benzene rings is 2. The van der Waals surface area contributed by atoms with E-state index in [1.807, 2.05) is 54.6 Å². The summed E-state index contributed by atoms with van der Waals surface area (Å²) in [5, 5.41) is 9.45. The maximum absolute atomic E-state index is 11.4. The van der Waals surface area contributed by atoms with Crippen LogP contribution in [0.1, 0.15) is 17.5 Å². The number of ether oxygens (including phenoxy) is 1. The molecule has 0 aliphatic carbocycles. The van der Waals surface area contributed by atoms with Crippen molar-refractivity contribution in [1.82, 2.24) is 0 Å². The van der Waals surface area contributed by atoms with Gasteiger partial charge in [-0.15, -0.1) is 0 Å². The molecular weight excluding hydrogens is 334 g/mol. The fourth-order valence-electron chi connectivity index (χ4n) is 2.38. The molecule has 0 saturated heterocycles. The molecule has 110 valence electrons. The number of nitrogens with two attached hydrogens (primary N) is 1. The van der Waals surface area contributed by atoms with Crippen LogP contribution in [0.15, 0.2) is 59.1 Å². The largest absolute Gasteiger partial charge is 0.433 e. The zero-order valence-electron chi connectivity index (χ0n) is 11.3. The molecule has 1 atom stereocenters. The Morgan fingerprint density at radius 3 is 2.19 bits per heavy atom. The Labute approximate surface area is 131 Å². The molecule has 0 saturated carbocycles. The summed E-state index contributed by atoms with van der Waals surface area (Å²) >= 11 is 3.38. The molecule has 4 nitrogen and oxygen atoms in total. The predicted molar refractivity (Wildman–Crippen MR) is 83.7 cm³/mol. The topological polar surface area (TPSA) is 72.6 Å². The number of aliphatic hydroxyl groups excluding tert-OH is 1. The maximum atomic E-state index is 11.4. The Kier molecular flexibility index (Phi) is 4.98. The fourth-order valence-corrected chi connectivity index (χ4v) is 2.64. The van der Waals surface area contributed by atoms with Gasteiger partial charge in [-0.3, -0.25) is 0 Å². The molecule has 0 fully saturated rings. The van der Waals surface area contributed by atoms with E-state index in [9.17, 15) is 9.90 Å². The van der Waals surface area contributed by atoms with Gasteiger partial charge in [0.05, 0.1) is 0 Å². The number of rotatable bonds is 5. The number of aliphatic hydroxyl groups is 1. The van der Waals surface area contributed by atoms with E-state index in [-0.39, 0.29) is 13.0 Å². The van der Waals surface area contributed by atoms with Crippen LogP contribution in [0, 0.1) is 0 Å². The van der Waals surface area contributed by atoms with E-state index in [1.54, 1.807) is 0 Å². The lowest BCUT2D eigenvalue weighted by Gasteiger charge is -2.33. The Hall–Kier alpha value is -1.85. The molecule has 0 spiro atoms. The Morgan fingerprint density at radius 1 is 1.10 bits per heavy atom. The summed E-state index contributed by atoms with van der Waals surface area (Å²) in [5.74, 6) is 0. The molecule has 2 aromatic carbocycles. The number of carbonyl (C=O) groups is 1. The molecule has 5 heteroatoms. The van der Waals surface area contributed by atoms with Gasteiger partial charge in [0, 0.05) is 28.6 Å². The lowest BCUT2D eigenvalue weighted by atomic mass is 9.83. The minimum Gasteiger partial charge on any atom is -0.433 e. The molecule has 2 rings (SSSR count). The van der Waals surface area contributed by atoms with Gasteiger partial charge in [0.25, 0.3) is 0 Å². The number of primary amides is 1. The number of hydrogen-bond donors (Lipinski definition) is 2. The Morgan fingerprint density at radius 2 is 1.67 bits per heavy atom. The summed E-state index contributed by atoms with van der Waals surface area (Å²) in [6, 6.07) is 16.7. The third kappa shape index (κ3) is 3.43. The van der Waals surface area contributed by atoms with Crippen LogP contribution in [0.25, 0.3) is 0 Å². The second-order valence-corrected chi connectivity index (χ2v) is 5.51. The smallest absolute Gasteiger partial charge is 0.405 e. The lowest BCUT2D eigenvalue weighted by Crippen LogP contribution is -2.37. The van der Waals surface area contributed by atoms with Gasteiger partial charge in [-0.2, -0.15) is 0 Å². The number of carbonyl (C=O) groups excluding carboxylic acids is 1. The van der Waals surface area contributed by atoms with Crippen LogP contribution < -0.4 is 5.73 Å². The van der Waals surface area contributed by atoms with Gasteiger partial charge in [-0.05, 0) is 12.1 Å². The molecular formula is C16H16BrNO3. The zero-order chi connectivity index (χ0) is 15.3. The van der Waals surface area contributed by atoms with Gasteiger partial charge in [-0.1, -0.05) is 58.4 Å².